The van der Waals surface area contributed by atoms with Crippen molar-refractivity contribution in [3.8, 4) is 0 Å². The molecule has 2 aliphatic rings. The quantitative estimate of drug-likeness (QED) is 0.493. The van der Waals surface area contributed by atoms with Gasteiger partial charge in [-0.05, 0) is 50.9 Å². The molecule has 4 heteroatoms. The number of ether oxygens (including phenoxy) is 1. The number of allylic oxidation sites excluding steroid dienone is 3. The Balaban J connectivity index is 1.69. The van der Waals surface area contributed by atoms with E-state index in [1.807, 2.05) is 12.2 Å². The van der Waals surface area contributed by atoms with Gasteiger partial charge in [-0.2, -0.15) is 0 Å². The number of aliphatic hydroxyl groups is 2. The minimum Gasteiger partial charge on any atom is -0.462 e. The van der Waals surface area contributed by atoms with Gasteiger partial charge in [0.05, 0.1) is 12.2 Å². The minimum absolute atomic E-state index is 0.0351. The lowest BCUT2D eigenvalue weighted by molar-refractivity contribution is -0.149. The summed E-state index contributed by atoms with van der Waals surface area (Å²) in [5.74, 6) is 0.312. The molecule has 0 amide bonds. The second-order valence-electron chi connectivity index (χ2n) is 7.10. The molecule has 2 rings (SSSR count). The average Bonchev–Trinajstić information content (AvgIpc) is 3.40. The lowest BCUT2D eigenvalue weighted by atomic mass is 10.0. The molecule has 4 nitrogen and oxygen atoms in total. The van der Waals surface area contributed by atoms with Crippen LogP contribution in [0.25, 0.3) is 0 Å². The Hall–Kier alpha value is -1.39. The van der Waals surface area contributed by atoms with Gasteiger partial charge in [0.2, 0.25) is 0 Å². The van der Waals surface area contributed by atoms with Crippen LogP contribution in [0.15, 0.2) is 36.5 Å². The van der Waals surface area contributed by atoms with Gasteiger partial charge in [-0.1, -0.05) is 43.4 Å². The summed E-state index contributed by atoms with van der Waals surface area (Å²) in [6, 6.07) is 0. The number of hydrogen-bond donors (Lipinski definition) is 2. The van der Waals surface area contributed by atoms with Crippen LogP contribution in [-0.4, -0.2) is 34.5 Å². The molecule has 0 unspecified atom stereocenters. The zero-order valence-corrected chi connectivity index (χ0v) is 15.2. The monoisotopic (exact) mass is 348 g/mol. The molecule has 1 saturated carbocycles. The highest BCUT2D eigenvalue weighted by atomic mass is 16.5. The SMILES string of the molecule is CC/C=C\C/C=C\C[C@H](O)/C=C/[C@H](O)[C@@H]1C[C@H]1[C@H]1CCCCC(=O)O1. The van der Waals surface area contributed by atoms with E-state index in [9.17, 15) is 15.0 Å². The van der Waals surface area contributed by atoms with Crippen LogP contribution >= 0.6 is 0 Å². The van der Waals surface area contributed by atoms with Crippen LogP contribution in [-0.2, 0) is 9.53 Å². The molecule has 0 radical (unpaired) electrons. The Bertz CT molecular complexity index is 494. The van der Waals surface area contributed by atoms with Crippen LogP contribution in [0.3, 0.4) is 0 Å². The summed E-state index contributed by atoms with van der Waals surface area (Å²) in [7, 11) is 0. The maximum absolute atomic E-state index is 11.6. The number of rotatable bonds is 9. The zero-order chi connectivity index (χ0) is 18.1. The molecule has 0 spiro atoms. The topological polar surface area (TPSA) is 66.8 Å². The van der Waals surface area contributed by atoms with Crippen LogP contribution < -0.4 is 0 Å². The van der Waals surface area contributed by atoms with Crippen molar-refractivity contribution in [3.63, 3.8) is 0 Å². The molecule has 25 heavy (non-hydrogen) atoms. The number of carbonyl (C=O) groups is 1. The van der Waals surface area contributed by atoms with Gasteiger partial charge in [-0.15, -0.1) is 0 Å². The van der Waals surface area contributed by atoms with E-state index in [4.69, 9.17) is 4.74 Å². The van der Waals surface area contributed by atoms with E-state index in [0.717, 1.165) is 38.5 Å². The summed E-state index contributed by atoms with van der Waals surface area (Å²) >= 11 is 0. The predicted molar refractivity (Wildman–Crippen MR) is 98.9 cm³/mol. The molecule has 1 aliphatic carbocycles. The first-order valence-electron chi connectivity index (χ1n) is 9.65. The highest BCUT2D eigenvalue weighted by Crippen LogP contribution is 2.47. The van der Waals surface area contributed by atoms with E-state index in [0.29, 0.717) is 12.8 Å². The van der Waals surface area contributed by atoms with E-state index in [1.165, 1.54) is 0 Å². The number of carbonyl (C=O) groups excluding carboxylic acids is 1. The van der Waals surface area contributed by atoms with Gasteiger partial charge in [0.25, 0.3) is 0 Å². The fraction of sp³-hybridized carbons (Fsp3) is 0.667. The molecular weight excluding hydrogens is 316 g/mol. The van der Waals surface area contributed by atoms with Crippen molar-refractivity contribution in [2.75, 3.05) is 0 Å². The van der Waals surface area contributed by atoms with E-state index in [1.54, 1.807) is 12.2 Å². The number of aliphatic hydroxyl groups excluding tert-OH is 2. The molecule has 1 heterocycles. The molecule has 0 aromatic heterocycles. The predicted octanol–water partition coefficient (Wildman–Crippen LogP) is 3.69. The van der Waals surface area contributed by atoms with Gasteiger partial charge in [-0.3, -0.25) is 4.79 Å². The Morgan fingerprint density at radius 3 is 2.76 bits per heavy atom. The Morgan fingerprint density at radius 1 is 1.16 bits per heavy atom. The van der Waals surface area contributed by atoms with Gasteiger partial charge >= 0.3 is 5.97 Å². The van der Waals surface area contributed by atoms with Gasteiger partial charge in [0, 0.05) is 12.3 Å². The van der Waals surface area contributed by atoms with Gasteiger partial charge in [0.1, 0.15) is 6.10 Å². The van der Waals surface area contributed by atoms with Crippen molar-refractivity contribution >= 4 is 5.97 Å². The summed E-state index contributed by atoms with van der Waals surface area (Å²) in [5, 5.41) is 20.2. The molecule has 0 bridgehead atoms. The number of hydrogen-bond acceptors (Lipinski definition) is 4. The van der Waals surface area contributed by atoms with E-state index < -0.39 is 12.2 Å². The van der Waals surface area contributed by atoms with Crippen LogP contribution in [0, 0.1) is 11.8 Å². The summed E-state index contributed by atoms with van der Waals surface area (Å²) < 4.78 is 5.50. The van der Waals surface area contributed by atoms with Crippen molar-refractivity contribution in [1.82, 2.24) is 0 Å². The maximum atomic E-state index is 11.6. The molecule has 1 saturated heterocycles. The van der Waals surface area contributed by atoms with Gasteiger partial charge in [-0.25, -0.2) is 0 Å². The summed E-state index contributed by atoms with van der Waals surface area (Å²) in [6.45, 7) is 2.10. The normalized spacial score (nSPS) is 29.9. The first-order valence-corrected chi connectivity index (χ1v) is 9.65. The first-order chi connectivity index (χ1) is 12.1. The lowest BCUT2D eigenvalue weighted by Crippen LogP contribution is -2.21. The molecule has 0 aromatic rings. The fourth-order valence-electron chi connectivity index (χ4n) is 3.40. The fourth-order valence-corrected chi connectivity index (χ4v) is 3.40. The van der Waals surface area contributed by atoms with E-state index >= 15 is 0 Å². The van der Waals surface area contributed by atoms with E-state index in [-0.39, 0.29) is 23.9 Å². The van der Waals surface area contributed by atoms with Crippen molar-refractivity contribution < 1.29 is 19.7 Å². The van der Waals surface area contributed by atoms with E-state index in [2.05, 4.69) is 19.1 Å². The Labute approximate surface area is 151 Å². The van der Waals surface area contributed by atoms with Gasteiger partial charge < -0.3 is 14.9 Å². The standard InChI is InChI=1S/C21H32O4/c1-2-3-4-5-6-7-10-16(22)13-14-19(23)17-15-18(17)20-11-8-9-12-21(24)25-20/h3-4,6-7,13-14,16-20,22-23H,2,5,8-12,15H2,1H3/b4-3-,7-6-,14-13+/t16-,17+,18+,19-,20+/m0/s1. The molecule has 5 atom stereocenters. The molecule has 140 valence electrons. The number of cyclic esters (lactones) is 1. The molecule has 2 fully saturated rings. The highest BCUT2D eigenvalue weighted by molar-refractivity contribution is 5.69. The average molecular weight is 348 g/mol. The summed E-state index contributed by atoms with van der Waals surface area (Å²) in [6.07, 6.45) is 17.1. The highest BCUT2D eigenvalue weighted by Gasteiger charge is 2.48. The van der Waals surface area contributed by atoms with Crippen LogP contribution in [0.4, 0.5) is 0 Å². The van der Waals surface area contributed by atoms with Crippen LogP contribution in [0.2, 0.25) is 0 Å². The molecule has 2 N–H and O–H groups in total. The Kier molecular flexibility index (Phi) is 8.42. The van der Waals surface area contributed by atoms with Crippen molar-refractivity contribution in [2.45, 2.75) is 76.6 Å². The van der Waals surface area contributed by atoms with Crippen LogP contribution in [0.5, 0.6) is 0 Å². The third-order valence-electron chi connectivity index (χ3n) is 4.96. The second-order valence-corrected chi connectivity index (χ2v) is 7.10. The van der Waals surface area contributed by atoms with Crippen molar-refractivity contribution in [2.24, 2.45) is 11.8 Å². The van der Waals surface area contributed by atoms with Crippen molar-refractivity contribution in [3.05, 3.63) is 36.5 Å². The molecule has 0 aromatic carbocycles. The minimum atomic E-state index is -0.575. The Morgan fingerprint density at radius 2 is 1.96 bits per heavy atom. The second kappa shape index (κ2) is 10.6. The molecule has 1 aliphatic heterocycles. The zero-order valence-electron chi connectivity index (χ0n) is 15.2. The maximum Gasteiger partial charge on any atom is 0.306 e. The van der Waals surface area contributed by atoms with Crippen LogP contribution in [0.1, 0.15) is 58.3 Å². The lowest BCUT2D eigenvalue weighted by Gasteiger charge is -2.15. The smallest absolute Gasteiger partial charge is 0.306 e. The first kappa shape index (κ1) is 19.9. The molecular formula is C21H32O4. The summed E-state index contributed by atoms with van der Waals surface area (Å²) in [5.41, 5.74) is 0. The largest absolute Gasteiger partial charge is 0.462 e. The van der Waals surface area contributed by atoms with Crippen molar-refractivity contribution in [1.29, 1.82) is 0 Å². The number of esters is 1. The third kappa shape index (κ3) is 7.17. The summed E-state index contributed by atoms with van der Waals surface area (Å²) in [4.78, 5) is 11.6. The third-order valence-corrected chi connectivity index (χ3v) is 4.96. The van der Waals surface area contributed by atoms with Gasteiger partial charge in [0.15, 0.2) is 0 Å².